The van der Waals surface area contributed by atoms with Crippen molar-refractivity contribution in [3.63, 3.8) is 0 Å². The SMILES string of the molecule is CC(C(O)C(=O)O)C1CC2CCC1O2. The molecule has 0 amide bonds. The number of carboxylic acid groups (broad SMARTS) is 1. The molecule has 80 valence electrons. The molecule has 2 aliphatic heterocycles. The molecule has 2 fully saturated rings. The molecular weight excluding hydrogens is 184 g/mol. The molecule has 0 aromatic rings. The van der Waals surface area contributed by atoms with Gasteiger partial charge in [-0.05, 0) is 31.1 Å². The summed E-state index contributed by atoms with van der Waals surface area (Å²) in [7, 11) is 0. The molecule has 0 aliphatic carbocycles. The Hall–Kier alpha value is -0.610. The molecule has 4 heteroatoms. The second-order valence-corrected chi connectivity index (χ2v) is 4.42. The Labute approximate surface area is 82.9 Å². The average Bonchev–Trinajstić information content (AvgIpc) is 2.76. The Morgan fingerprint density at radius 2 is 2.21 bits per heavy atom. The third-order valence-corrected chi connectivity index (χ3v) is 3.58. The first-order valence-electron chi connectivity index (χ1n) is 5.16. The van der Waals surface area contributed by atoms with E-state index in [4.69, 9.17) is 9.84 Å². The first-order chi connectivity index (χ1) is 6.59. The van der Waals surface area contributed by atoms with Gasteiger partial charge in [-0.15, -0.1) is 0 Å². The van der Waals surface area contributed by atoms with Gasteiger partial charge in [-0.2, -0.15) is 0 Å². The van der Waals surface area contributed by atoms with Gasteiger partial charge in [-0.25, -0.2) is 4.79 Å². The van der Waals surface area contributed by atoms with Crippen LogP contribution in [0.1, 0.15) is 26.2 Å². The topological polar surface area (TPSA) is 66.8 Å². The maximum atomic E-state index is 10.6. The lowest BCUT2D eigenvalue weighted by molar-refractivity contribution is -0.150. The van der Waals surface area contributed by atoms with E-state index in [2.05, 4.69) is 0 Å². The van der Waals surface area contributed by atoms with Crippen LogP contribution in [0.5, 0.6) is 0 Å². The normalized spacial score (nSPS) is 39.7. The van der Waals surface area contributed by atoms with E-state index in [1.54, 1.807) is 6.92 Å². The van der Waals surface area contributed by atoms with Crippen LogP contribution in [0.25, 0.3) is 0 Å². The molecule has 0 aromatic carbocycles. The molecule has 2 aliphatic rings. The zero-order valence-corrected chi connectivity index (χ0v) is 8.22. The predicted octanol–water partition coefficient (Wildman–Crippen LogP) is 0.635. The number of aliphatic carboxylic acids is 1. The molecule has 0 aromatic heterocycles. The fourth-order valence-electron chi connectivity index (χ4n) is 2.69. The van der Waals surface area contributed by atoms with Gasteiger partial charge in [0.25, 0.3) is 0 Å². The van der Waals surface area contributed by atoms with E-state index in [0.29, 0.717) is 6.10 Å². The second-order valence-electron chi connectivity index (χ2n) is 4.42. The number of aliphatic hydroxyl groups is 1. The van der Waals surface area contributed by atoms with E-state index in [1.165, 1.54) is 0 Å². The lowest BCUT2D eigenvalue weighted by Gasteiger charge is -2.27. The van der Waals surface area contributed by atoms with Gasteiger partial charge in [-0.1, -0.05) is 6.92 Å². The summed E-state index contributed by atoms with van der Waals surface area (Å²) in [6.45, 7) is 1.80. The van der Waals surface area contributed by atoms with Crippen molar-refractivity contribution in [2.45, 2.75) is 44.5 Å². The molecule has 5 atom stereocenters. The van der Waals surface area contributed by atoms with Crippen LogP contribution in [0, 0.1) is 11.8 Å². The van der Waals surface area contributed by atoms with Crippen molar-refractivity contribution < 1.29 is 19.7 Å². The van der Waals surface area contributed by atoms with E-state index in [1.807, 2.05) is 0 Å². The maximum absolute atomic E-state index is 10.6. The molecule has 2 rings (SSSR count). The van der Waals surface area contributed by atoms with Gasteiger partial charge in [0.2, 0.25) is 0 Å². The van der Waals surface area contributed by atoms with Crippen molar-refractivity contribution in [2.75, 3.05) is 0 Å². The summed E-state index contributed by atoms with van der Waals surface area (Å²) in [6.07, 6.45) is 2.28. The summed E-state index contributed by atoms with van der Waals surface area (Å²) in [4.78, 5) is 10.6. The van der Waals surface area contributed by atoms with Crippen molar-refractivity contribution in [1.29, 1.82) is 0 Å². The summed E-state index contributed by atoms with van der Waals surface area (Å²) >= 11 is 0. The zero-order valence-electron chi connectivity index (χ0n) is 8.22. The number of hydrogen-bond donors (Lipinski definition) is 2. The molecular formula is C10H16O4. The third kappa shape index (κ3) is 1.53. The molecule has 2 N–H and O–H groups in total. The quantitative estimate of drug-likeness (QED) is 0.701. The summed E-state index contributed by atoms with van der Waals surface area (Å²) in [6, 6.07) is 0. The molecule has 14 heavy (non-hydrogen) atoms. The summed E-state index contributed by atoms with van der Waals surface area (Å²) < 4.78 is 5.63. The van der Waals surface area contributed by atoms with E-state index < -0.39 is 12.1 Å². The Kier molecular flexibility index (Phi) is 2.49. The van der Waals surface area contributed by atoms with Crippen LogP contribution < -0.4 is 0 Å². The Bertz CT molecular complexity index is 240. The fourth-order valence-corrected chi connectivity index (χ4v) is 2.69. The largest absolute Gasteiger partial charge is 0.479 e. The van der Waals surface area contributed by atoms with E-state index in [-0.39, 0.29) is 17.9 Å². The van der Waals surface area contributed by atoms with Crippen molar-refractivity contribution in [1.82, 2.24) is 0 Å². The first kappa shape index (κ1) is 9.93. The van der Waals surface area contributed by atoms with Crippen LogP contribution in [0.3, 0.4) is 0 Å². The highest BCUT2D eigenvalue weighted by atomic mass is 16.5. The number of carboxylic acids is 1. The minimum Gasteiger partial charge on any atom is -0.479 e. The molecule has 0 saturated carbocycles. The Morgan fingerprint density at radius 3 is 2.64 bits per heavy atom. The van der Waals surface area contributed by atoms with Crippen molar-refractivity contribution in [3.8, 4) is 0 Å². The second kappa shape index (κ2) is 3.51. The van der Waals surface area contributed by atoms with E-state index >= 15 is 0 Å². The number of ether oxygens (including phenoxy) is 1. The van der Waals surface area contributed by atoms with Gasteiger partial charge >= 0.3 is 5.97 Å². The third-order valence-electron chi connectivity index (χ3n) is 3.58. The molecule has 2 bridgehead atoms. The van der Waals surface area contributed by atoms with Crippen molar-refractivity contribution >= 4 is 5.97 Å². The molecule has 4 nitrogen and oxygen atoms in total. The summed E-state index contributed by atoms with van der Waals surface area (Å²) in [5.74, 6) is -1.11. The Balaban J connectivity index is 1.98. The van der Waals surface area contributed by atoms with Gasteiger partial charge in [0.1, 0.15) is 0 Å². The number of fused-ring (bicyclic) bond motifs is 2. The number of rotatable bonds is 3. The lowest BCUT2D eigenvalue weighted by Crippen LogP contribution is -2.36. The van der Waals surface area contributed by atoms with Gasteiger partial charge in [0.05, 0.1) is 12.2 Å². The molecule has 5 unspecified atom stereocenters. The highest BCUT2D eigenvalue weighted by Crippen LogP contribution is 2.43. The highest BCUT2D eigenvalue weighted by molar-refractivity contribution is 5.72. The molecule has 2 heterocycles. The molecule has 2 saturated heterocycles. The maximum Gasteiger partial charge on any atom is 0.332 e. The minimum absolute atomic E-state index is 0.184. The number of carbonyl (C=O) groups is 1. The lowest BCUT2D eigenvalue weighted by atomic mass is 9.78. The van der Waals surface area contributed by atoms with Crippen LogP contribution in [0.15, 0.2) is 0 Å². The highest BCUT2D eigenvalue weighted by Gasteiger charge is 2.45. The van der Waals surface area contributed by atoms with Gasteiger partial charge in [0, 0.05) is 0 Å². The van der Waals surface area contributed by atoms with Crippen LogP contribution in [-0.4, -0.2) is 34.5 Å². The van der Waals surface area contributed by atoms with Gasteiger partial charge in [-0.3, -0.25) is 0 Å². The average molecular weight is 200 g/mol. The van der Waals surface area contributed by atoms with Crippen LogP contribution in [0.4, 0.5) is 0 Å². The number of hydrogen-bond acceptors (Lipinski definition) is 3. The predicted molar refractivity (Wildman–Crippen MR) is 48.8 cm³/mol. The van der Waals surface area contributed by atoms with Crippen LogP contribution >= 0.6 is 0 Å². The first-order valence-corrected chi connectivity index (χ1v) is 5.16. The fraction of sp³-hybridized carbons (Fsp3) is 0.900. The van der Waals surface area contributed by atoms with Gasteiger partial charge in [0.15, 0.2) is 6.10 Å². The Morgan fingerprint density at radius 1 is 1.50 bits per heavy atom. The minimum atomic E-state index is -1.25. The zero-order chi connectivity index (χ0) is 10.3. The summed E-state index contributed by atoms with van der Waals surface area (Å²) in [5.41, 5.74) is 0. The monoisotopic (exact) mass is 200 g/mol. The number of aliphatic hydroxyl groups excluding tert-OH is 1. The standard InChI is InChI=1S/C10H16O4/c1-5(9(11)10(12)13)7-4-6-2-3-8(7)14-6/h5-9,11H,2-4H2,1H3,(H,12,13). The van der Waals surface area contributed by atoms with Crippen LogP contribution in [-0.2, 0) is 9.53 Å². The summed E-state index contributed by atoms with van der Waals surface area (Å²) in [5, 5.41) is 18.1. The smallest absolute Gasteiger partial charge is 0.332 e. The molecule has 0 radical (unpaired) electrons. The molecule has 0 spiro atoms. The van der Waals surface area contributed by atoms with Crippen molar-refractivity contribution in [2.24, 2.45) is 11.8 Å². The van der Waals surface area contributed by atoms with E-state index in [9.17, 15) is 9.90 Å². The van der Waals surface area contributed by atoms with E-state index in [0.717, 1.165) is 19.3 Å². The van der Waals surface area contributed by atoms with Gasteiger partial charge < -0.3 is 14.9 Å². The van der Waals surface area contributed by atoms with Crippen molar-refractivity contribution in [3.05, 3.63) is 0 Å². The van der Waals surface area contributed by atoms with Crippen LogP contribution in [0.2, 0.25) is 0 Å².